The van der Waals surface area contributed by atoms with E-state index in [1.807, 2.05) is 13.8 Å². The minimum Gasteiger partial charge on any atom is -0.313 e. The minimum atomic E-state index is -3.58. The quantitative estimate of drug-likeness (QED) is 0.846. The molecule has 0 saturated carbocycles. The molecule has 2 N–H and O–H groups in total. The zero-order valence-electron chi connectivity index (χ0n) is 10.2. The molecule has 0 aliphatic carbocycles. The molecule has 0 aliphatic heterocycles. The van der Waals surface area contributed by atoms with E-state index in [-0.39, 0.29) is 22.5 Å². The van der Waals surface area contributed by atoms with Gasteiger partial charge in [0.15, 0.2) is 0 Å². The van der Waals surface area contributed by atoms with Crippen LogP contribution in [-0.2, 0) is 10.0 Å². The summed E-state index contributed by atoms with van der Waals surface area (Å²) in [5, 5.41) is 3.25. The summed E-state index contributed by atoms with van der Waals surface area (Å²) in [5.41, 5.74) is -0.132. The molecule has 0 atom stereocenters. The highest BCUT2D eigenvalue weighted by Gasteiger charge is 2.13. The molecule has 0 amide bonds. The van der Waals surface area contributed by atoms with E-state index in [2.05, 4.69) is 10.0 Å². The average molecular weight is 295 g/mol. The third-order valence-corrected chi connectivity index (χ3v) is 3.62. The molecule has 1 aromatic carbocycles. The average Bonchev–Trinajstić information content (AvgIpc) is 2.22. The van der Waals surface area contributed by atoms with Crippen molar-refractivity contribution in [3.8, 4) is 0 Å². The van der Waals surface area contributed by atoms with Gasteiger partial charge in [0.05, 0.1) is 11.4 Å². The molecule has 0 unspecified atom stereocenters. The summed E-state index contributed by atoms with van der Waals surface area (Å²) in [7, 11) is -3.58. The maximum atomic E-state index is 13.3. The zero-order chi connectivity index (χ0) is 13.8. The Hall–Kier alpha value is -0.850. The predicted octanol–water partition coefficient (Wildman–Crippen LogP) is 2.22. The van der Waals surface area contributed by atoms with Crippen molar-refractivity contribution < 1.29 is 12.8 Å². The maximum absolute atomic E-state index is 13.3. The van der Waals surface area contributed by atoms with Crippen LogP contribution in [0.5, 0.6) is 0 Å². The monoisotopic (exact) mass is 294 g/mol. The van der Waals surface area contributed by atoms with Crippen LogP contribution in [0.25, 0.3) is 0 Å². The van der Waals surface area contributed by atoms with E-state index in [9.17, 15) is 12.8 Å². The summed E-state index contributed by atoms with van der Waals surface area (Å²) in [6.45, 7) is 4.13. The Labute approximate surface area is 112 Å². The van der Waals surface area contributed by atoms with Crippen LogP contribution in [0.1, 0.15) is 13.8 Å². The van der Waals surface area contributed by atoms with Crippen LogP contribution in [0.2, 0.25) is 5.02 Å². The summed E-state index contributed by atoms with van der Waals surface area (Å²) in [6, 6.07) is 3.91. The van der Waals surface area contributed by atoms with E-state index < -0.39 is 15.8 Å². The third kappa shape index (κ3) is 5.20. The summed E-state index contributed by atoms with van der Waals surface area (Å²) < 4.78 is 38.9. The molecule has 0 aromatic heterocycles. The number of hydrogen-bond acceptors (Lipinski definition) is 3. The summed E-state index contributed by atoms with van der Waals surface area (Å²) in [6.07, 6.45) is 0. The molecule has 0 heterocycles. The predicted molar refractivity (Wildman–Crippen MR) is 72.0 cm³/mol. The summed E-state index contributed by atoms with van der Waals surface area (Å²) >= 11 is 5.68. The van der Waals surface area contributed by atoms with Gasteiger partial charge in [-0.3, -0.25) is 4.72 Å². The number of rotatable bonds is 6. The number of sulfonamides is 1. The highest BCUT2D eigenvalue weighted by molar-refractivity contribution is 7.92. The lowest BCUT2D eigenvalue weighted by molar-refractivity contribution is 0.580. The molecule has 0 spiro atoms. The Bertz CT molecular complexity index is 506. The maximum Gasteiger partial charge on any atom is 0.234 e. The van der Waals surface area contributed by atoms with Crippen molar-refractivity contribution in [2.24, 2.45) is 0 Å². The number of hydrogen-bond donors (Lipinski definition) is 2. The van der Waals surface area contributed by atoms with Crippen LogP contribution in [0.3, 0.4) is 0 Å². The lowest BCUT2D eigenvalue weighted by Gasteiger charge is -2.11. The number of anilines is 1. The van der Waals surface area contributed by atoms with E-state index in [4.69, 9.17) is 11.6 Å². The zero-order valence-corrected chi connectivity index (χ0v) is 11.8. The van der Waals surface area contributed by atoms with Crippen LogP contribution in [0.15, 0.2) is 18.2 Å². The minimum absolute atomic E-state index is 0.128. The standard InChI is InChI=1S/C11H16ClFN2O2S/c1-8(2)14-5-6-18(16,17)15-11-7-9(12)3-4-10(11)13/h3-4,7-8,14-15H,5-6H2,1-2H3. The van der Waals surface area contributed by atoms with Crippen molar-refractivity contribution in [3.05, 3.63) is 29.0 Å². The van der Waals surface area contributed by atoms with Crippen molar-refractivity contribution in [2.45, 2.75) is 19.9 Å². The highest BCUT2D eigenvalue weighted by Crippen LogP contribution is 2.20. The van der Waals surface area contributed by atoms with Gasteiger partial charge in [0.2, 0.25) is 10.0 Å². The molecular formula is C11H16ClFN2O2S. The molecule has 0 bridgehead atoms. The molecule has 1 rings (SSSR count). The largest absolute Gasteiger partial charge is 0.313 e. The fraction of sp³-hybridized carbons (Fsp3) is 0.455. The fourth-order valence-electron chi connectivity index (χ4n) is 1.28. The molecule has 1 aromatic rings. The number of benzene rings is 1. The Morgan fingerprint density at radius 3 is 2.67 bits per heavy atom. The van der Waals surface area contributed by atoms with E-state index in [0.717, 1.165) is 6.07 Å². The van der Waals surface area contributed by atoms with Crippen LogP contribution >= 0.6 is 11.6 Å². The van der Waals surface area contributed by atoms with Gasteiger partial charge in [-0.15, -0.1) is 0 Å². The van der Waals surface area contributed by atoms with Gasteiger partial charge in [0.25, 0.3) is 0 Å². The van der Waals surface area contributed by atoms with E-state index in [1.165, 1.54) is 12.1 Å². The van der Waals surface area contributed by atoms with Crippen molar-refractivity contribution >= 4 is 27.3 Å². The summed E-state index contributed by atoms with van der Waals surface area (Å²) in [5.74, 6) is -0.781. The van der Waals surface area contributed by atoms with Gasteiger partial charge in [0, 0.05) is 17.6 Å². The van der Waals surface area contributed by atoms with Crippen molar-refractivity contribution in [2.75, 3.05) is 17.0 Å². The van der Waals surface area contributed by atoms with Crippen molar-refractivity contribution in [1.29, 1.82) is 0 Å². The molecule has 7 heteroatoms. The second-order valence-corrected chi connectivity index (χ2v) is 6.43. The molecule has 0 saturated heterocycles. The van der Waals surface area contributed by atoms with Gasteiger partial charge in [-0.05, 0) is 18.2 Å². The molecule has 0 aliphatic rings. The van der Waals surface area contributed by atoms with Gasteiger partial charge in [-0.25, -0.2) is 12.8 Å². The SMILES string of the molecule is CC(C)NCCS(=O)(=O)Nc1cc(Cl)ccc1F. The summed E-state index contributed by atoms with van der Waals surface area (Å²) in [4.78, 5) is 0. The van der Waals surface area contributed by atoms with E-state index in [1.54, 1.807) is 0 Å². The van der Waals surface area contributed by atoms with Gasteiger partial charge in [-0.1, -0.05) is 25.4 Å². The van der Waals surface area contributed by atoms with Crippen LogP contribution < -0.4 is 10.0 Å². The molecular weight excluding hydrogens is 279 g/mol. The van der Waals surface area contributed by atoms with Crippen LogP contribution in [-0.4, -0.2) is 26.8 Å². The third-order valence-electron chi connectivity index (χ3n) is 2.12. The Morgan fingerprint density at radius 2 is 2.06 bits per heavy atom. The van der Waals surface area contributed by atoms with Crippen molar-refractivity contribution in [3.63, 3.8) is 0 Å². The molecule has 0 radical (unpaired) electrons. The Balaban J connectivity index is 2.67. The van der Waals surface area contributed by atoms with Gasteiger partial charge in [0.1, 0.15) is 5.82 Å². The number of nitrogens with one attached hydrogen (secondary N) is 2. The second kappa shape index (κ2) is 6.36. The first-order valence-corrected chi connectivity index (χ1v) is 7.52. The Kier molecular flexibility index (Phi) is 5.37. The highest BCUT2D eigenvalue weighted by atomic mass is 35.5. The van der Waals surface area contributed by atoms with Gasteiger partial charge in [-0.2, -0.15) is 0 Å². The van der Waals surface area contributed by atoms with E-state index >= 15 is 0 Å². The van der Waals surface area contributed by atoms with Crippen molar-refractivity contribution in [1.82, 2.24) is 5.32 Å². The van der Waals surface area contributed by atoms with Gasteiger partial charge < -0.3 is 5.32 Å². The fourth-order valence-corrected chi connectivity index (χ4v) is 2.43. The van der Waals surface area contributed by atoms with E-state index in [0.29, 0.717) is 6.54 Å². The first kappa shape index (κ1) is 15.2. The molecule has 18 heavy (non-hydrogen) atoms. The molecule has 4 nitrogen and oxygen atoms in total. The number of halogens is 2. The topological polar surface area (TPSA) is 58.2 Å². The second-order valence-electron chi connectivity index (χ2n) is 4.15. The van der Waals surface area contributed by atoms with Gasteiger partial charge >= 0.3 is 0 Å². The Morgan fingerprint density at radius 1 is 1.39 bits per heavy atom. The first-order valence-electron chi connectivity index (χ1n) is 5.49. The lowest BCUT2D eigenvalue weighted by Crippen LogP contribution is -2.31. The molecule has 0 fully saturated rings. The normalized spacial score (nSPS) is 11.8. The van der Waals surface area contributed by atoms with Crippen LogP contribution in [0, 0.1) is 5.82 Å². The molecule has 102 valence electrons. The first-order chi connectivity index (χ1) is 8.30. The smallest absolute Gasteiger partial charge is 0.234 e. The lowest BCUT2D eigenvalue weighted by atomic mass is 10.3. The van der Waals surface area contributed by atoms with Crippen LogP contribution in [0.4, 0.5) is 10.1 Å².